The van der Waals surface area contributed by atoms with E-state index in [-0.39, 0.29) is 13.1 Å². The van der Waals surface area contributed by atoms with E-state index in [0.717, 1.165) is 17.4 Å². The Bertz CT molecular complexity index is 1040. The first-order valence-corrected chi connectivity index (χ1v) is 12.1. The molecule has 31 heavy (non-hydrogen) atoms. The van der Waals surface area contributed by atoms with Gasteiger partial charge in [-0.05, 0) is 43.9 Å². The minimum absolute atomic E-state index is 0.267. The normalized spacial score (nSPS) is 16.5. The van der Waals surface area contributed by atoms with Crippen LogP contribution in [0, 0.1) is 19.8 Å². The van der Waals surface area contributed by atoms with Gasteiger partial charge in [0.1, 0.15) is 0 Å². The van der Waals surface area contributed by atoms with Crippen LogP contribution in [0.25, 0.3) is 0 Å². The molecule has 1 aliphatic heterocycles. The van der Waals surface area contributed by atoms with Crippen molar-refractivity contribution in [1.29, 1.82) is 0 Å². The van der Waals surface area contributed by atoms with E-state index in [4.69, 9.17) is 4.74 Å². The zero-order valence-corrected chi connectivity index (χ0v) is 18.8. The molecule has 1 saturated heterocycles. The molecule has 0 spiro atoms. The number of piperidine rings is 1. The lowest BCUT2D eigenvalue weighted by Crippen LogP contribution is -2.40. The molecule has 1 fully saturated rings. The van der Waals surface area contributed by atoms with Crippen molar-refractivity contribution in [3.8, 4) is 0 Å². The molecule has 0 aliphatic carbocycles. The highest BCUT2D eigenvalue weighted by molar-refractivity contribution is 7.88. The van der Waals surface area contributed by atoms with Crippen LogP contribution >= 0.6 is 0 Å². The van der Waals surface area contributed by atoms with E-state index in [2.05, 4.69) is 5.32 Å². The number of carbonyl (C=O) groups excluding carboxylic acids is 2. The smallest absolute Gasteiger partial charge is 0.310 e. The summed E-state index contributed by atoms with van der Waals surface area (Å²) in [7, 11) is -3.28. The highest BCUT2D eigenvalue weighted by Crippen LogP contribution is 2.26. The number of anilines is 1. The van der Waals surface area contributed by atoms with Gasteiger partial charge in [-0.3, -0.25) is 9.59 Å². The Morgan fingerprint density at radius 1 is 1.06 bits per heavy atom. The Balaban J connectivity index is 1.75. The van der Waals surface area contributed by atoms with Crippen molar-refractivity contribution in [3.63, 3.8) is 0 Å². The standard InChI is InChI=1S/C23H28N2O5S/c1-16-9-10-17(2)20(15-16)24-22(26)21(18-7-5-4-6-8-18)30-23(27)19-11-13-25(14-12-19)31(3,28)29/h4-10,15,19,21H,11-14H2,1-3H3,(H,24,26)/t21-/m1/s1. The summed E-state index contributed by atoms with van der Waals surface area (Å²) < 4.78 is 30.4. The van der Waals surface area contributed by atoms with Gasteiger partial charge >= 0.3 is 5.97 Å². The van der Waals surface area contributed by atoms with Gasteiger partial charge < -0.3 is 10.1 Å². The van der Waals surface area contributed by atoms with Crippen LogP contribution < -0.4 is 5.32 Å². The zero-order chi connectivity index (χ0) is 22.6. The van der Waals surface area contributed by atoms with Gasteiger partial charge in [0.2, 0.25) is 16.1 Å². The second-order valence-electron chi connectivity index (χ2n) is 7.97. The van der Waals surface area contributed by atoms with Crippen LogP contribution in [0.2, 0.25) is 0 Å². The van der Waals surface area contributed by atoms with Crippen LogP contribution in [-0.2, 0) is 24.3 Å². The van der Waals surface area contributed by atoms with Gasteiger partial charge in [-0.15, -0.1) is 0 Å². The quantitative estimate of drug-likeness (QED) is 0.691. The van der Waals surface area contributed by atoms with Gasteiger partial charge in [0.05, 0.1) is 12.2 Å². The SMILES string of the molecule is Cc1ccc(C)c(NC(=O)[C@H](OC(=O)C2CCN(S(C)(=O)=O)CC2)c2ccccc2)c1. The van der Waals surface area contributed by atoms with Crippen LogP contribution in [0.1, 0.15) is 35.6 Å². The Morgan fingerprint density at radius 3 is 2.32 bits per heavy atom. The van der Waals surface area contributed by atoms with Crippen molar-refractivity contribution >= 4 is 27.6 Å². The van der Waals surface area contributed by atoms with E-state index < -0.39 is 33.9 Å². The summed E-state index contributed by atoms with van der Waals surface area (Å²) in [5, 5.41) is 2.88. The third-order valence-corrected chi connectivity index (χ3v) is 6.78. The molecule has 3 rings (SSSR count). The molecule has 1 N–H and O–H groups in total. The average molecular weight is 445 g/mol. The van der Waals surface area contributed by atoms with Crippen LogP contribution in [0.3, 0.4) is 0 Å². The van der Waals surface area contributed by atoms with E-state index in [9.17, 15) is 18.0 Å². The number of amides is 1. The molecule has 0 radical (unpaired) electrons. The Labute approximate surface area is 183 Å². The number of sulfonamides is 1. The van der Waals surface area contributed by atoms with Crippen molar-refractivity contribution in [2.24, 2.45) is 5.92 Å². The fourth-order valence-corrected chi connectivity index (χ4v) is 4.48. The van der Waals surface area contributed by atoms with Crippen molar-refractivity contribution in [3.05, 3.63) is 65.2 Å². The minimum Gasteiger partial charge on any atom is -0.447 e. The van der Waals surface area contributed by atoms with Crippen molar-refractivity contribution in [1.82, 2.24) is 4.31 Å². The molecule has 1 aliphatic rings. The summed E-state index contributed by atoms with van der Waals surface area (Å²) in [4.78, 5) is 25.9. The Kier molecular flexibility index (Phi) is 7.12. The number of aryl methyl sites for hydroxylation is 2. The molecule has 0 aromatic heterocycles. The molecule has 1 amide bonds. The molecule has 8 heteroatoms. The highest BCUT2D eigenvalue weighted by atomic mass is 32.2. The van der Waals surface area contributed by atoms with Gasteiger partial charge in [0, 0.05) is 24.3 Å². The van der Waals surface area contributed by atoms with Gasteiger partial charge in [-0.25, -0.2) is 12.7 Å². The lowest BCUT2D eigenvalue weighted by Gasteiger charge is -2.30. The highest BCUT2D eigenvalue weighted by Gasteiger charge is 2.33. The summed E-state index contributed by atoms with van der Waals surface area (Å²) in [6.07, 6.45) is 0.800. The predicted octanol–water partition coefficient (Wildman–Crippen LogP) is 3.20. The second kappa shape index (κ2) is 9.62. The summed E-state index contributed by atoms with van der Waals surface area (Å²) in [5.74, 6) is -1.36. The van der Waals surface area contributed by atoms with E-state index in [1.165, 1.54) is 4.31 Å². The molecule has 0 saturated carbocycles. The van der Waals surface area contributed by atoms with Gasteiger partial charge in [0.25, 0.3) is 5.91 Å². The second-order valence-corrected chi connectivity index (χ2v) is 9.95. The predicted molar refractivity (Wildman–Crippen MR) is 119 cm³/mol. The van der Waals surface area contributed by atoms with E-state index in [1.807, 2.05) is 38.1 Å². The van der Waals surface area contributed by atoms with Crippen LogP contribution in [0.5, 0.6) is 0 Å². The fourth-order valence-electron chi connectivity index (χ4n) is 3.61. The summed E-state index contributed by atoms with van der Waals surface area (Å²) in [5.41, 5.74) is 3.16. The number of hydrogen-bond donors (Lipinski definition) is 1. The molecular weight excluding hydrogens is 416 g/mol. The summed E-state index contributed by atoms with van der Waals surface area (Å²) in [6.45, 7) is 4.37. The topological polar surface area (TPSA) is 92.8 Å². The van der Waals surface area contributed by atoms with Crippen LogP contribution in [-0.4, -0.2) is 43.9 Å². The first-order valence-electron chi connectivity index (χ1n) is 10.2. The summed E-state index contributed by atoms with van der Waals surface area (Å²) in [6, 6.07) is 14.6. The van der Waals surface area contributed by atoms with Crippen molar-refractivity contribution in [2.75, 3.05) is 24.7 Å². The molecule has 2 aromatic rings. The molecule has 1 heterocycles. The van der Waals surface area contributed by atoms with Gasteiger partial charge in [0.15, 0.2) is 0 Å². The lowest BCUT2D eigenvalue weighted by molar-refractivity contribution is -0.160. The number of esters is 1. The largest absolute Gasteiger partial charge is 0.447 e. The maximum Gasteiger partial charge on any atom is 0.310 e. The maximum absolute atomic E-state index is 13.1. The van der Waals surface area contributed by atoms with Crippen LogP contribution in [0.4, 0.5) is 5.69 Å². The number of ether oxygens (including phenoxy) is 1. The first-order chi connectivity index (χ1) is 14.6. The molecular formula is C23H28N2O5S. The third-order valence-electron chi connectivity index (χ3n) is 5.48. The molecule has 0 bridgehead atoms. The fraction of sp³-hybridized carbons (Fsp3) is 0.391. The molecule has 7 nitrogen and oxygen atoms in total. The number of rotatable bonds is 6. The molecule has 166 valence electrons. The first kappa shape index (κ1) is 23.0. The van der Waals surface area contributed by atoms with E-state index in [0.29, 0.717) is 24.1 Å². The summed E-state index contributed by atoms with van der Waals surface area (Å²) >= 11 is 0. The number of carbonyl (C=O) groups is 2. The van der Waals surface area contributed by atoms with Gasteiger partial charge in [-0.2, -0.15) is 0 Å². The average Bonchev–Trinajstić information content (AvgIpc) is 2.74. The molecule has 2 aromatic carbocycles. The van der Waals surface area contributed by atoms with E-state index >= 15 is 0 Å². The molecule has 0 unspecified atom stereocenters. The van der Waals surface area contributed by atoms with Crippen molar-refractivity contribution in [2.45, 2.75) is 32.8 Å². The van der Waals surface area contributed by atoms with Crippen molar-refractivity contribution < 1.29 is 22.7 Å². The number of nitrogens with one attached hydrogen (secondary N) is 1. The zero-order valence-electron chi connectivity index (χ0n) is 18.0. The number of nitrogens with zero attached hydrogens (tertiary/aromatic N) is 1. The number of hydrogen-bond acceptors (Lipinski definition) is 5. The third kappa shape index (κ3) is 5.92. The monoisotopic (exact) mass is 444 g/mol. The minimum atomic E-state index is -3.28. The Hall–Kier alpha value is -2.71. The molecule has 1 atom stereocenters. The Morgan fingerprint density at radius 2 is 1.71 bits per heavy atom. The maximum atomic E-state index is 13.1. The van der Waals surface area contributed by atoms with Gasteiger partial charge in [-0.1, -0.05) is 42.5 Å². The number of benzene rings is 2. The van der Waals surface area contributed by atoms with E-state index in [1.54, 1.807) is 24.3 Å². The van der Waals surface area contributed by atoms with Crippen LogP contribution in [0.15, 0.2) is 48.5 Å². The lowest BCUT2D eigenvalue weighted by atomic mass is 9.98.